The number of aryl methyl sites for hydroxylation is 2. The van der Waals surface area contributed by atoms with E-state index in [1.165, 1.54) is 0 Å². The van der Waals surface area contributed by atoms with Crippen LogP contribution in [-0.2, 0) is 12.8 Å². The third kappa shape index (κ3) is 4.91. The molecule has 0 unspecified atom stereocenters. The smallest absolute Gasteiger partial charge is 0.434 e. The molecule has 0 atom stereocenters. The fourth-order valence-corrected chi connectivity index (χ4v) is 4.69. The average molecular weight is 478 g/mol. The first kappa shape index (κ1) is 22.2. The Balaban J connectivity index is 1.70. The molecule has 32 heavy (non-hydrogen) atoms. The van der Waals surface area contributed by atoms with Gasteiger partial charge in [0.05, 0.1) is 12.8 Å². The van der Waals surface area contributed by atoms with E-state index < -0.39 is 11.9 Å². The van der Waals surface area contributed by atoms with E-state index in [0.29, 0.717) is 5.69 Å². The Morgan fingerprint density at radius 3 is 2.34 bits per heavy atom. The van der Waals surface area contributed by atoms with Gasteiger partial charge in [-0.15, -0.1) is 22.7 Å². The number of benzene rings is 1. The third-order valence-electron chi connectivity index (χ3n) is 4.55. The van der Waals surface area contributed by atoms with Crippen LogP contribution >= 0.6 is 22.7 Å². The van der Waals surface area contributed by atoms with Crippen molar-refractivity contribution >= 4 is 22.7 Å². The number of aromatic nitrogens is 3. The number of rotatable bonds is 6. The Kier molecular flexibility index (Phi) is 6.16. The summed E-state index contributed by atoms with van der Waals surface area (Å²) in [6.45, 7) is 4.19. The second-order valence-corrected chi connectivity index (χ2v) is 9.23. The lowest BCUT2D eigenvalue weighted by atomic mass is 10.1. The lowest BCUT2D eigenvalue weighted by Gasteiger charge is -2.09. The molecule has 4 rings (SSSR count). The van der Waals surface area contributed by atoms with Crippen molar-refractivity contribution in [2.24, 2.45) is 0 Å². The highest BCUT2D eigenvalue weighted by atomic mass is 32.1. The normalized spacial score (nSPS) is 11.6. The molecule has 0 saturated heterocycles. The highest BCUT2D eigenvalue weighted by Crippen LogP contribution is 2.35. The van der Waals surface area contributed by atoms with Crippen LogP contribution in [0.25, 0.3) is 22.1 Å². The van der Waals surface area contributed by atoms with Crippen molar-refractivity contribution in [2.75, 3.05) is 7.11 Å². The lowest BCUT2D eigenvalue weighted by Crippen LogP contribution is -2.05. The van der Waals surface area contributed by atoms with Crippen molar-refractivity contribution in [1.82, 2.24) is 15.0 Å². The van der Waals surface area contributed by atoms with E-state index in [0.717, 1.165) is 43.3 Å². The summed E-state index contributed by atoms with van der Waals surface area (Å²) in [5, 5.41) is 1.04. The molecule has 0 saturated carbocycles. The Morgan fingerprint density at radius 2 is 1.75 bits per heavy atom. The Labute approximate surface area is 190 Å². The summed E-state index contributed by atoms with van der Waals surface area (Å²) >= 11 is 2.47. The average Bonchev–Trinajstić information content (AvgIpc) is 3.39. The predicted molar refractivity (Wildman–Crippen MR) is 118 cm³/mol. The van der Waals surface area contributed by atoms with Gasteiger partial charge in [-0.05, 0) is 37.6 Å². The minimum absolute atomic E-state index is 0.0816. The van der Waals surface area contributed by atoms with Gasteiger partial charge in [0, 0.05) is 26.8 Å². The zero-order chi connectivity index (χ0) is 22.9. The van der Waals surface area contributed by atoms with Crippen LogP contribution in [-0.4, -0.2) is 22.1 Å². The molecule has 166 valence electrons. The molecule has 10 heteroatoms. The molecule has 3 heterocycles. The molecule has 0 radical (unpaired) electrons. The maximum atomic E-state index is 13.0. The van der Waals surface area contributed by atoms with Crippen LogP contribution in [0.5, 0.6) is 11.6 Å². The fourth-order valence-electron chi connectivity index (χ4n) is 3.00. The van der Waals surface area contributed by atoms with Crippen LogP contribution in [0.15, 0.2) is 41.8 Å². The fraction of sp³-hybridized carbons (Fsp3) is 0.227. The Morgan fingerprint density at radius 1 is 1.00 bits per heavy atom. The van der Waals surface area contributed by atoms with Gasteiger partial charge < -0.3 is 9.47 Å². The molecule has 5 nitrogen and oxygen atoms in total. The summed E-state index contributed by atoms with van der Waals surface area (Å²) in [6, 6.07) is 11.1. The third-order valence-corrected chi connectivity index (χ3v) is 6.36. The van der Waals surface area contributed by atoms with Gasteiger partial charge in [-0.25, -0.2) is 9.97 Å². The second kappa shape index (κ2) is 8.87. The van der Waals surface area contributed by atoms with E-state index in [1.54, 1.807) is 24.5 Å². The van der Waals surface area contributed by atoms with Crippen LogP contribution in [0.1, 0.15) is 21.0 Å². The van der Waals surface area contributed by atoms with Gasteiger partial charge >= 0.3 is 6.18 Å². The van der Waals surface area contributed by atoms with E-state index in [1.807, 2.05) is 44.2 Å². The summed E-state index contributed by atoms with van der Waals surface area (Å²) in [5.74, 6) is 1.08. The number of thiazole rings is 1. The van der Waals surface area contributed by atoms with Gasteiger partial charge in [0.25, 0.3) is 0 Å². The van der Waals surface area contributed by atoms with Gasteiger partial charge in [-0.3, -0.25) is 0 Å². The van der Waals surface area contributed by atoms with E-state index in [9.17, 15) is 13.2 Å². The second-order valence-electron chi connectivity index (χ2n) is 6.91. The number of hydrogen-bond acceptors (Lipinski definition) is 7. The van der Waals surface area contributed by atoms with Crippen molar-refractivity contribution in [2.45, 2.75) is 26.6 Å². The molecule has 0 spiro atoms. The van der Waals surface area contributed by atoms with Gasteiger partial charge in [-0.1, -0.05) is 12.1 Å². The van der Waals surface area contributed by atoms with Crippen LogP contribution in [0.3, 0.4) is 0 Å². The first-order valence-electron chi connectivity index (χ1n) is 9.48. The number of thiophene rings is 1. The van der Waals surface area contributed by atoms with E-state index >= 15 is 0 Å². The van der Waals surface area contributed by atoms with E-state index in [-0.39, 0.29) is 23.3 Å². The molecule has 0 fully saturated rings. The summed E-state index contributed by atoms with van der Waals surface area (Å²) in [5.41, 5.74) is 1.39. The molecule has 0 aliphatic carbocycles. The summed E-state index contributed by atoms with van der Waals surface area (Å²) in [6.07, 6.45) is -4.53. The number of alkyl halides is 3. The summed E-state index contributed by atoms with van der Waals surface area (Å²) in [7, 11) is 1.59. The monoisotopic (exact) mass is 477 g/mol. The van der Waals surface area contributed by atoms with Crippen molar-refractivity contribution in [3.8, 4) is 33.7 Å². The first-order chi connectivity index (χ1) is 15.2. The molecule has 3 aromatic heterocycles. The van der Waals surface area contributed by atoms with Crippen molar-refractivity contribution in [1.29, 1.82) is 0 Å². The van der Waals surface area contributed by atoms with Crippen molar-refractivity contribution in [3.63, 3.8) is 0 Å². The number of methoxy groups -OCH3 is 1. The van der Waals surface area contributed by atoms with Crippen molar-refractivity contribution in [3.05, 3.63) is 62.8 Å². The zero-order valence-corrected chi connectivity index (χ0v) is 19.0. The number of halogens is 3. The zero-order valence-electron chi connectivity index (χ0n) is 17.4. The molecule has 0 aliphatic heterocycles. The van der Waals surface area contributed by atoms with Crippen LogP contribution in [0.2, 0.25) is 0 Å². The molecular weight excluding hydrogens is 459 g/mol. The quantitative estimate of drug-likeness (QED) is 0.315. The molecule has 0 bridgehead atoms. The highest BCUT2D eigenvalue weighted by Gasteiger charge is 2.34. The van der Waals surface area contributed by atoms with Crippen LogP contribution in [0.4, 0.5) is 13.2 Å². The minimum Gasteiger partial charge on any atom is -0.497 e. The Bertz CT molecular complexity index is 1230. The lowest BCUT2D eigenvalue weighted by molar-refractivity contribution is -0.140. The molecule has 0 aliphatic rings. The maximum Gasteiger partial charge on any atom is 0.434 e. The molecule has 1 aromatic carbocycles. The van der Waals surface area contributed by atoms with Gasteiger partial charge in [0.2, 0.25) is 5.88 Å². The standard InChI is InChI=1S/C22H18F3N3O2S2/c1-12-8-16(13(2)32-12)17-9-19(30-10-14-4-6-15(29-3)7-5-14)28-20(26-17)21-27-18(11-31-21)22(23,24)25/h4-9,11H,10H2,1-3H3. The van der Waals surface area contributed by atoms with Crippen LogP contribution < -0.4 is 9.47 Å². The van der Waals surface area contributed by atoms with Gasteiger partial charge in [0.15, 0.2) is 16.5 Å². The summed E-state index contributed by atoms with van der Waals surface area (Å²) in [4.78, 5) is 14.7. The number of nitrogens with zero attached hydrogens (tertiary/aromatic N) is 3. The number of hydrogen-bond donors (Lipinski definition) is 0. The molecular formula is C22H18F3N3O2S2. The van der Waals surface area contributed by atoms with E-state index in [2.05, 4.69) is 15.0 Å². The van der Waals surface area contributed by atoms with Crippen molar-refractivity contribution < 1.29 is 22.6 Å². The topological polar surface area (TPSA) is 57.1 Å². The first-order valence-corrected chi connectivity index (χ1v) is 11.2. The maximum absolute atomic E-state index is 13.0. The van der Waals surface area contributed by atoms with Gasteiger partial charge in [-0.2, -0.15) is 18.2 Å². The van der Waals surface area contributed by atoms with Gasteiger partial charge in [0.1, 0.15) is 12.4 Å². The highest BCUT2D eigenvalue weighted by molar-refractivity contribution is 7.13. The number of ether oxygens (including phenoxy) is 2. The molecule has 0 N–H and O–H groups in total. The Hall–Kier alpha value is -2.98. The molecule has 4 aromatic rings. The predicted octanol–water partition coefficient (Wildman–Crippen LogP) is 6.55. The minimum atomic E-state index is -4.53. The SMILES string of the molecule is COc1ccc(COc2cc(-c3cc(C)sc3C)nc(-c3nc(C(F)(F)F)cs3)n2)cc1. The largest absolute Gasteiger partial charge is 0.497 e. The molecule has 0 amide bonds. The summed E-state index contributed by atoms with van der Waals surface area (Å²) < 4.78 is 50.1. The van der Waals surface area contributed by atoms with Crippen LogP contribution in [0, 0.1) is 13.8 Å². The van der Waals surface area contributed by atoms with E-state index in [4.69, 9.17) is 9.47 Å².